The van der Waals surface area contributed by atoms with E-state index in [2.05, 4.69) is 34.8 Å². The third kappa shape index (κ3) is 4.53. The summed E-state index contributed by atoms with van der Waals surface area (Å²) < 4.78 is 1.41. The predicted octanol–water partition coefficient (Wildman–Crippen LogP) is 2.67. The maximum absolute atomic E-state index is 11.4. The summed E-state index contributed by atoms with van der Waals surface area (Å²) in [5.41, 5.74) is 8.29. The Bertz CT molecular complexity index is 693. The second kappa shape index (κ2) is 7.73. The van der Waals surface area contributed by atoms with E-state index < -0.39 is 5.91 Å². The molecule has 6 nitrogen and oxygen atoms in total. The molecule has 23 heavy (non-hydrogen) atoms. The van der Waals surface area contributed by atoms with Gasteiger partial charge in [-0.25, -0.2) is 0 Å². The summed E-state index contributed by atoms with van der Waals surface area (Å²) in [7, 11) is 1.65. The van der Waals surface area contributed by atoms with Gasteiger partial charge >= 0.3 is 0 Å². The van der Waals surface area contributed by atoms with E-state index in [1.807, 2.05) is 12.1 Å². The third-order valence-electron chi connectivity index (χ3n) is 3.45. The van der Waals surface area contributed by atoms with Crippen LogP contribution in [-0.4, -0.2) is 20.8 Å². The lowest BCUT2D eigenvalue weighted by molar-refractivity contribution is 0.0992. The summed E-state index contributed by atoms with van der Waals surface area (Å²) >= 11 is 5.26. The lowest BCUT2D eigenvalue weighted by atomic mass is 10.1. The van der Waals surface area contributed by atoms with Gasteiger partial charge in [-0.2, -0.15) is 5.10 Å². The number of amides is 1. The molecule has 0 atom stereocenters. The second-order valence-corrected chi connectivity index (χ2v) is 5.68. The molecule has 1 aromatic heterocycles. The van der Waals surface area contributed by atoms with Crippen molar-refractivity contribution in [2.45, 2.75) is 26.2 Å². The fourth-order valence-electron chi connectivity index (χ4n) is 2.24. The Morgan fingerprint density at radius 1 is 1.30 bits per heavy atom. The molecule has 0 aliphatic rings. The van der Waals surface area contributed by atoms with Gasteiger partial charge in [-0.15, -0.1) is 0 Å². The van der Waals surface area contributed by atoms with Crippen LogP contribution in [-0.2, 0) is 13.5 Å². The van der Waals surface area contributed by atoms with Crippen LogP contribution in [0.15, 0.2) is 30.5 Å². The number of aromatic nitrogens is 2. The van der Waals surface area contributed by atoms with Gasteiger partial charge in [0.1, 0.15) is 5.69 Å². The largest absolute Gasteiger partial charge is 0.364 e. The smallest absolute Gasteiger partial charge is 0.269 e. The zero-order valence-electron chi connectivity index (χ0n) is 13.3. The molecule has 4 N–H and O–H groups in total. The number of nitrogens with one attached hydrogen (secondary N) is 2. The Hall–Kier alpha value is -2.41. The van der Waals surface area contributed by atoms with Gasteiger partial charge in [-0.05, 0) is 42.8 Å². The average molecular weight is 331 g/mol. The van der Waals surface area contributed by atoms with Crippen molar-refractivity contribution in [2.75, 3.05) is 10.6 Å². The highest BCUT2D eigenvalue weighted by Gasteiger charge is 2.14. The number of primary amides is 1. The van der Waals surface area contributed by atoms with E-state index in [-0.39, 0.29) is 5.69 Å². The van der Waals surface area contributed by atoms with Crippen molar-refractivity contribution in [1.29, 1.82) is 0 Å². The highest BCUT2D eigenvalue weighted by atomic mass is 32.1. The highest BCUT2D eigenvalue weighted by Crippen LogP contribution is 2.15. The Kier molecular flexibility index (Phi) is 5.70. The molecule has 0 radical (unpaired) electrons. The van der Waals surface area contributed by atoms with Gasteiger partial charge in [0.05, 0.1) is 11.9 Å². The number of aryl methyl sites for hydroxylation is 2. The van der Waals surface area contributed by atoms with E-state index in [1.165, 1.54) is 29.3 Å². The number of hydrogen-bond donors (Lipinski definition) is 3. The van der Waals surface area contributed by atoms with Crippen molar-refractivity contribution in [3.63, 3.8) is 0 Å². The van der Waals surface area contributed by atoms with Crippen LogP contribution in [0, 0.1) is 0 Å². The maximum Gasteiger partial charge on any atom is 0.269 e. The minimum atomic E-state index is -0.560. The van der Waals surface area contributed by atoms with Crippen LogP contribution in [0.3, 0.4) is 0 Å². The van der Waals surface area contributed by atoms with Crippen LogP contribution in [0.1, 0.15) is 35.8 Å². The zero-order chi connectivity index (χ0) is 16.8. The molecule has 0 bridgehead atoms. The van der Waals surface area contributed by atoms with Gasteiger partial charge in [-0.3, -0.25) is 9.48 Å². The third-order valence-corrected chi connectivity index (χ3v) is 3.66. The van der Waals surface area contributed by atoms with Crippen molar-refractivity contribution in [3.05, 3.63) is 41.7 Å². The van der Waals surface area contributed by atoms with E-state index >= 15 is 0 Å². The molecule has 0 aliphatic heterocycles. The molecular formula is C16H21N5OS. The molecule has 0 fully saturated rings. The summed E-state index contributed by atoms with van der Waals surface area (Å²) in [5.74, 6) is -0.560. The fraction of sp³-hybridized carbons (Fsp3) is 0.312. The fourth-order valence-corrected chi connectivity index (χ4v) is 2.47. The zero-order valence-corrected chi connectivity index (χ0v) is 14.1. The Balaban J connectivity index is 1.98. The molecule has 1 heterocycles. The minimum Gasteiger partial charge on any atom is -0.364 e. The van der Waals surface area contributed by atoms with Crippen LogP contribution in [0.4, 0.5) is 11.4 Å². The van der Waals surface area contributed by atoms with Crippen LogP contribution in [0.25, 0.3) is 0 Å². The Morgan fingerprint density at radius 3 is 2.61 bits per heavy atom. The van der Waals surface area contributed by atoms with Gasteiger partial charge in [-0.1, -0.05) is 25.5 Å². The van der Waals surface area contributed by atoms with Crippen molar-refractivity contribution >= 4 is 34.6 Å². The van der Waals surface area contributed by atoms with Crippen LogP contribution in [0.5, 0.6) is 0 Å². The number of hydrogen-bond acceptors (Lipinski definition) is 3. The molecule has 0 saturated carbocycles. The summed E-state index contributed by atoms with van der Waals surface area (Å²) in [6.45, 7) is 2.18. The lowest BCUT2D eigenvalue weighted by Crippen LogP contribution is -2.23. The van der Waals surface area contributed by atoms with Gasteiger partial charge in [0.25, 0.3) is 5.91 Å². The number of nitrogens with two attached hydrogens (primary N) is 1. The van der Waals surface area contributed by atoms with E-state index in [1.54, 1.807) is 7.05 Å². The molecule has 0 spiro atoms. The Labute approximate surface area is 141 Å². The summed E-state index contributed by atoms with van der Waals surface area (Å²) in [4.78, 5) is 11.4. The average Bonchev–Trinajstić information content (AvgIpc) is 2.87. The normalized spacial score (nSPS) is 10.3. The highest BCUT2D eigenvalue weighted by molar-refractivity contribution is 7.80. The first-order valence-corrected chi connectivity index (χ1v) is 7.90. The van der Waals surface area contributed by atoms with Crippen molar-refractivity contribution in [1.82, 2.24) is 9.78 Å². The molecule has 1 aromatic carbocycles. The molecule has 0 aliphatic carbocycles. The topological polar surface area (TPSA) is 85.0 Å². The standard InChI is InChI=1S/C16H21N5OS/c1-3-4-5-11-6-8-12(9-7-11)19-16(23)20-13-10-18-21(2)14(13)15(17)22/h6-10H,3-5H2,1-2H3,(H2,17,22)(H2,19,20,23). The number of carbonyl (C=O) groups is 1. The van der Waals surface area contributed by atoms with Gasteiger partial charge in [0, 0.05) is 12.7 Å². The molecule has 122 valence electrons. The number of nitrogens with zero attached hydrogens (tertiary/aromatic N) is 2. The number of unbranched alkanes of at least 4 members (excludes halogenated alkanes) is 1. The van der Waals surface area contributed by atoms with Crippen LogP contribution in [0.2, 0.25) is 0 Å². The molecule has 1 amide bonds. The van der Waals surface area contributed by atoms with Crippen LogP contribution >= 0.6 is 12.2 Å². The first-order chi connectivity index (χ1) is 11.0. The van der Waals surface area contributed by atoms with E-state index in [0.29, 0.717) is 10.8 Å². The number of benzene rings is 1. The SMILES string of the molecule is CCCCc1ccc(NC(=S)Nc2cnn(C)c2C(N)=O)cc1. The maximum atomic E-state index is 11.4. The first-order valence-electron chi connectivity index (χ1n) is 7.50. The van der Waals surface area contributed by atoms with Crippen molar-refractivity contribution < 1.29 is 4.79 Å². The summed E-state index contributed by atoms with van der Waals surface area (Å²) in [6.07, 6.45) is 4.96. The monoisotopic (exact) mass is 331 g/mol. The number of anilines is 2. The van der Waals surface area contributed by atoms with E-state index in [0.717, 1.165) is 12.1 Å². The lowest BCUT2D eigenvalue weighted by Gasteiger charge is -2.11. The van der Waals surface area contributed by atoms with Crippen LogP contribution < -0.4 is 16.4 Å². The first kappa shape index (κ1) is 17.0. The van der Waals surface area contributed by atoms with Gasteiger partial charge in [0.2, 0.25) is 0 Å². The number of carbonyl (C=O) groups excluding carboxylic acids is 1. The molecular weight excluding hydrogens is 310 g/mol. The van der Waals surface area contributed by atoms with E-state index in [9.17, 15) is 4.79 Å². The quantitative estimate of drug-likeness (QED) is 0.709. The molecule has 7 heteroatoms. The molecule has 0 saturated heterocycles. The number of thiocarbonyl (C=S) groups is 1. The van der Waals surface area contributed by atoms with Crippen molar-refractivity contribution in [3.8, 4) is 0 Å². The Morgan fingerprint density at radius 2 is 2.00 bits per heavy atom. The summed E-state index contributed by atoms with van der Waals surface area (Å²) in [5, 5.41) is 10.4. The van der Waals surface area contributed by atoms with Gasteiger partial charge in [0.15, 0.2) is 5.11 Å². The molecule has 2 rings (SSSR count). The number of rotatable bonds is 6. The molecule has 2 aromatic rings. The molecule has 0 unspecified atom stereocenters. The van der Waals surface area contributed by atoms with Crippen molar-refractivity contribution in [2.24, 2.45) is 12.8 Å². The van der Waals surface area contributed by atoms with Gasteiger partial charge < -0.3 is 16.4 Å². The van der Waals surface area contributed by atoms with E-state index in [4.69, 9.17) is 18.0 Å². The minimum absolute atomic E-state index is 0.282. The summed E-state index contributed by atoms with van der Waals surface area (Å²) in [6, 6.07) is 8.13. The predicted molar refractivity (Wildman–Crippen MR) is 96.6 cm³/mol. The second-order valence-electron chi connectivity index (χ2n) is 5.27.